The molecule has 10 nitrogen and oxygen atoms in total. The van der Waals surface area contributed by atoms with Gasteiger partial charge in [-0.2, -0.15) is 0 Å². The van der Waals surface area contributed by atoms with Crippen molar-refractivity contribution in [1.82, 2.24) is 10.6 Å². The molecular formula is C18H24N2O8. The first-order chi connectivity index (χ1) is 13.3. The summed E-state index contributed by atoms with van der Waals surface area (Å²) < 4.78 is 13.9. The average molecular weight is 396 g/mol. The number of esters is 2. The van der Waals surface area contributed by atoms with Crippen LogP contribution in [0.25, 0.3) is 0 Å². The number of hydrogen-bond donors (Lipinski definition) is 3. The van der Waals surface area contributed by atoms with Crippen LogP contribution < -0.4 is 10.6 Å². The molecule has 0 aliphatic heterocycles. The number of ether oxygens (including phenoxy) is 3. The van der Waals surface area contributed by atoms with E-state index in [1.807, 2.05) is 6.07 Å². The van der Waals surface area contributed by atoms with Crippen LogP contribution in [0.3, 0.4) is 0 Å². The first-order valence-electron chi connectivity index (χ1n) is 8.42. The Bertz CT molecular complexity index is 665. The van der Waals surface area contributed by atoms with Gasteiger partial charge >= 0.3 is 18.0 Å². The Labute approximate surface area is 162 Å². The first-order valence-corrected chi connectivity index (χ1v) is 8.42. The van der Waals surface area contributed by atoms with Crippen molar-refractivity contribution in [3.05, 3.63) is 35.9 Å². The van der Waals surface area contributed by atoms with Crippen molar-refractivity contribution < 1.29 is 38.5 Å². The molecule has 2 atom stereocenters. The molecule has 0 aliphatic rings. The highest BCUT2D eigenvalue weighted by atomic mass is 16.5. The van der Waals surface area contributed by atoms with Gasteiger partial charge in [0.1, 0.15) is 12.6 Å². The molecule has 0 spiro atoms. The minimum Gasteiger partial charge on any atom is -0.469 e. The molecule has 154 valence electrons. The van der Waals surface area contributed by atoms with E-state index in [9.17, 15) is 24.3 Å². The molecule has 0 saturated heterocycles. The average Bonchev–Trinajstić information content (AvgIpc) is 2.70. The molecule has 10 heteroatoms. The van der Waals surface area contributed by atoms with E-state index in [4.69, 9.17) is 4.74 Å². The number of methoxy groups -OCH3 is 2. The van der Waals surface area contributed by atoms with E-state index in [2.05, 4.69) is 20.1 Å². The minimum atomic E-state index is -1.24. The number of amides is 2. The number of hydrogen-bond acceptors (Lipinski definition) is 8. The first kappa shape index (κ1) is 22.9. The Balaban J connectivity index is 2.36. The minimum absolute atomic E-state index is 0.0671. The smallest absolute Gasteiger partial charge is 0.407 e. The summed E-state index contributed by atoms with van der Waals surface area (Å²) in [6.45, 7) is -0.168. The van der Waals surface area contributed by atoms with Crippen LogP contribution in [0.5, 0.6) is 0 Å². The topological polar surface area (TPSA) is 140 Å². The quantitative estimate of drug-likeness (QED) is 0.367. The van der Waals surface area contributed by atoms with Crippen molar-refractivity contribution in [2.75, 3.05) is 20.8 Å². The van der Waals surface area contributed by atoms with Crippen molar-refractivity contribution >= 4 is 23.9 Å². The van der Waals surface area contributed by atoms with Crippen LogP contribution in [0.2, 0.25) is 0 Å². The van der Waals surface area contributed by atoms with E-state index in [1.165, 1.54) is 0 Å². The van der Waals surface area contributed by atoms with Gasteiger partial charge in [-0.15, -0.1) is 0 Å². The molecule has 28 heavy (non-hydrogen) atoms. The predicted molar refractivity (Wildman–Crippen MR) is 95.8 cm³/mol. The highest BCUT2D eigenvalue weighted by molar-refractivity contribution is 5.88. The molecule has 0 fully saturated rings. The number of nitrogens with one attached hydrogen (secondary N) is 2. The Morgan fingerprint density at radius 1 is 1.04 bits per heavy atom. The molecule has 0 radical (unpaired) electrons. The number of aliphatic hydroxyl groups is 1. The fourth-order valence-electron chi connectivity index (χ4n) is 2.10. The van der Waals surface area contributed by atoms with E-state index >= 15 is 0 Å². The molecule has 1 rings (SSSR count). The van der Waals surface area contributed by atoms with Gasteiger partial charge in [-0.05, 0) is 5.56 Å². The molecule has 0 saturated carbocycles. The summed E-state index contributed by atoms with van der Waals surface area (Å²) in [4.78, 5) is 46.4. The van der Waals surface area contributed by atoms with Gasteiger partial charge in [-0.1, -0.05) is 30.3 Å². The number of carbonyl (C=O) groups is 4. The van der Waals surface area contributed by atoms with Crippen molar-refractivity contribution in [3.63, 3.8) is 0 Å². The third kappa shape index (κ3) is 8.99. The normalized spacial score (nSPS) is 12.2. The summed E-state index contributed by atoms with van der Waals surface area (Å²) in [5, 5.41) is 14.5. The molecule has 0 aliphatic carbocycles. The Hall–Kier alpha value is -3.14. The largest absolute Gasteiger partial charge is 0.469 e. The lowest BCUT2D eigenvalue weighted by atomic mass is 10.1. The number of aliphatic hydroxyl groups excluding tert-OH is 1. The van der Waals surface area contributed by atoms with E-state index in [1.54, 1.807) is 24.3 Å². The SMILES string of the molecule is COC(=O)C[C@@H](NC(=O)C[C@H](O)CNC(=O)OCc1ccccc1)C(=O)OC. The van der Waals surface area contributed by atoms with Crippen molar-refractivity contribution in [2.45, 2.75) is 31.6 Å². The monoisotopic (exact) mass is 396 g/mol. The maximum atomic E-state index is 11.9. The van der Waals surface area contributed by atoms with E-state index < -0.39 is 48.9 Å². The second-order valence-corrected chi connectivity index (χ2v) is 5.72. The molecule has 1 aromatic carbocycles. The summed E-state index contributed by atoms with van der Waals surface area (Å²) in [5.41, 5.74) is 0.803. The molecule has 3 N–H and O–H groups in total. The number of alkyl carbamates (subject to hydrolysis) is 1. The number of carbonyl (C=O) groups excluding carboxylic acids is 4. The summed E-state index contributed by atoms with van der Waals surface area (Å²) >= 11 is 0. The molecule has 0 bridgehead atoms. The summed E-state index contributed by atoms with van der Waals surface area (Å²) in [6, 6.07) is 7.79. The van der Waals surface area contributed by atoms with Crippen LogP contribution in [0.15, 0.2) is 30.3 Å². The fraction of sp³-hybridized carbons (Fsp3) is 0.444. The highest BCUT2D eigenvalue weighted by Gasteiger charge is 2.26. The fourth-order valence-corrected chi connectivity index (χ4v) is 2.10. The Morgan fingerprint density at radius 3 is 2.32 bits per heavy atom. The van der Waals surface area contributed by atoms with Gasteiger partial charge in [0.25, 0.3) is 0 Å². The van der Waals surface area contributed by atoms with Gasteiger partial charge in [0, 0.05) is 6.54 Å². The van der Waals surface area contributed by atoms with Crippen LogP contribution in [-0.4, -0.2) is 62.0 Å². The van der Waals surface area contributed by atoms with Crippen molar-refractivity contribution in [3.8, 4) is 0 Å². The molecule has 0 unspecified atom stereocenters. The van der Waals surface area contributed by atoms with Gasteiger partial charge < -0.3 is 30.0 Å². The summed E-state index contributed by atoms with van der Waals surface area (Å²) in [5.74, 6) is -2.24. The van der Waals surface area contributed by atoms with Crippen LogP contribution in [-0.2, 0) is 35.2 Å². The van der Waals surface area contributed by atoms with Crippen LogP contribution in [0.1, 0.15) is 18.4 Å². The molecule has 0 aromatic heterocycles. The zero-order valence-electron chi connectivity index (χ0n) is 15.7. The Morgan fingerprint density at radius 2 is 1.71 bits per heavy atom. The maximum Gasteiger partial charge on any atom is 0.407 e. The second kappa shape index (κ2) is 12.3. The summed E-state index contributed by atoms with van der Waals surface area (Å²) in [7, 11) is 2.25. The lowest BCUT2D eigenvalue weighted by Gasteiger charge is -2.17. The van der Waals surface area contributed by atoms with Crippen LogP contribution in [0, 0.1) is 0 Å². The third-order valence-electron chi connectivity index (χ3n) is 3.54. The summed E-state index contributed by atoms with van der Waals surface area (Å²) in [6.07, 6.45) is -2.79. The third-order valence-corrected chi connectivity index (χ3v) is 3.54. The van der Waals surface area contributed by atoms with Crippen LogP contribution in [0.4, 0.5) is 4.79 Å². The van der Waals surface area contributed by atoms with Gasteiger partial charge in [0.2, 0.25) is 5.91 Å². The molecular weight excluding hydrogens is 372 g/mol. The zero-order chi connectivity index (χ0) is 20.9. The van der Waals surface area contributed by atoms with E-state index in [-0.39, 0.29) is 13.2 Å². The predicted octanol–water partition coefficient (Wildman–Crippen LogP) is -0.115. The Kier molecular flexibility index (Phi) is 10.0. The lowest BCUT2D eigenvalue weighted by molar-refractivity contribution is -0.150. The van der Waals surface area contributed by atoms with Crippen molar-refractivity contribution in [2.24, 2.45) is 0 Å². The second-order valence-electron chi connectivity index (χ2n) is 5.72. The van der Waals surface area contributed by atoms with Gasteiger partial charge in [0.05, 0.1) is 33.2 Å². The van der Waals surface area contributed by atoms with E-state index in [0.29, 0.717) is 0 Å². The zero-order valence-corrected chi connectivity index (χ0v) is 15.7. The van der Waals surface area contributed by atoms with Crippen LogP contribution >= 0.6 is 0 Å². The standard InChI is InChI=1S/C18H24N2O8/c1-26-16(23)9-14(17(24)27-2)20-15(22)8-13(21)10-19-18(25)28-11-12-6-4-3-5-7-12/h3-7,13-14,21H,8-11H2,1-2H3,(H,19,25)(H,20,22)/t13-,14+/m0/s1. The highest BCUT2D eigenvalue weighted by Crippen LogP contribution is 2.02. The molecule has 0 heterocycles. The van der Waals surface area contributed by atoms with Gasteiger partial charge in [-0.3, -0.25) is 9.59 Å². The number of benzene rings is 1. The number of rotatable bonds is 10. The van der Waals surface area contributed by atoms with Gasteiger partial charge in [-0.25, -0.2) is 9.59 Å². The van der Waals surface area contributed by atoms with E-state index in [0.717, 1.165) is 19.8 Å². The van der Waals surface area contributed by atoms with Gasteiger partial charge in [0.15, 0.2) is 0 Å². The molecule has 1 aromatic rings. The lowest BCUT2D eigenvalue weighted by Crippen LogP contribution is -2.45. The maximum absolute atomic E-state index is 11.9. The van der Waals surface area contributed by atoms with Crippen molar-refractivity contribution in [1.29, 1.82) is 0 Å². The molecule has 2 amide bonds.